The number of ether oxygens (including phenoxy) is 1. The van der Waals surface area contributed by atoms with Crippen molar-refractivity contribution in [2.75, 3.05) is 7.05 Å². The standard InChI is InChI=1S/C27H30F3NO3S/c1-16-11-20-21(26(4,5)10-9-25(20,2)3)14-18(16)19-12-17(7-8-22(19)34-27(28,29)30)13-23(35-15-32)24(33)31-6/h7-8,11-15H,9-10H2,1-6H3,(H,31,33)/b23-13-. The second-order valence-corrected chi connectivity index (χ2v) is 11.0. The fraction of sp³-hybridized carbons (Fsp3) is 0.407. The minimum absolute atomic E-state index is 0.0432. The number of aryl methyl sites for hydroxylation is 1. The topological polar surface area (TPSA) is 55.4 Å². The van der Waals surface area contributed by atoms with Gasteiger partial charge in [-0.15, -0.1) is 13.2 Å². The number of amides is 1. The van der Waals surface area contributed by atoms with E-state index in [0.717, 1.165) is 24.0 Å². The van der Waals surface area contributed by atoms with Crippen molar-refractivity contribution in [2.45, 2.75) is 64.7 Å². The molecular formula is C27H30F3NO3S. The Balaban J connectivity index is 2.26. The first-order chi connectivity index (χ1) is 16.2. The fourth-order valence-electron chi connectivity index (χ4n) is 4.55. The molecule has 188 valence electrons. The number of benzene rings is 2. The van der Waals surface area contributed by atoms with Gasteiger partial charge in [0.2, 0.25) is 0 Å². The molecule has 0 saturated heterocycles. The number of likely N-dealkylation sites (N-methyl/N-ethyl adjacent to an activating group) is 1. The third-order valence-electron chi connectivity index (χ3n) is 6.64. The van der Waals surface area contributed by atoms with Gasteiger partial charge in [0.25, 0.3) is 5.91 Å². The number of alkyl halides is 3. The molecule has 2 aromatic carbocycles. The molecule has 0 bridgehead atoms. The van der Waals surface area contributed by atoms with E-state index in [1.807, 2.05) is 13.0 Å². The summed E-state index contributed by atoms with van der Waals surface area (Å²) in [4.78, 5) is 23.3. The number of hydrogen-bond acceptors (Lipinski definition) is 4. The maximum Gasteiger partial charge on any atom is 0.573 e. The van der Waals surface area contributed by atoms with Crippen LogP contribution in [0.15, 0.2) is 35.2 Å². The van der Waals surface area contributed by atoms with E-state index in [0.29, 0.717) is 28.5 Å². The fourth-order valence-corrected chi connectivity index (χ4v) is 5.07. The average Bonchev–Trinajstić information content (AvgIpc) is 2.76. The van der Waals surface area contributed by atoms with Crippen molar-refractivity contribution in [1.82, 2.24) is 5.32 Å². The van der Waals surface area contributed by atoms with Crippen molar-refractivity contribution >= 4 is 29.4 Å². The van der Waals surface area contributed by atoms with Gasteiger partial charge in [-0.05, 0) is 94.4 Å². The molecule has 35 heavy (non-hydrogen) atoms. The molecule has 0 aliphatic heterocycles. The predicted octanol–water partition coefficient (Wildman–Crippen LogP) is 6.92. The zero-order valence-electron chi connectivity index (χ0n) is 20.7. The van der Waals surface area contributed by atoms with Crippen LogP contribution < -0.4 is 10.1 Å². The molecule has 0 aromatic heterocycles. The Labute approximate surface area is 208 Å². The lowest BCUT2D eigenvalue weighted by molar-refractivity contribution is -0.274. The van der Waals surface area contributed by atoms with Gasteiger partial charge < -0.3 is 10.1 Å². The van der Waals surface area contributed by atoms with Crippen LogP contribution in [0, 0.1) is 6.92 Å². The smallest absolute Gasteiger partial charge is 0.405 e. The predicted molar refractivity (Wildman–Crippen MR) is 135 cm³/mol. The van der Waals surface area contributed by atoms with E-state index < -0.39 is 12.3 Å². The summed E-state index contributed by atoms with van der Waals surface area (Å²) in [6.07, 6.45) is -1.41. The Morgan fingerprint density at radius 1 is 1.03 bits per heavy atom. The summed E-state index contributed by atoms with van der Waals surface area (Å²) in [5.41, 5.74) is 4.86. The molecule has 1 N–H and O–H groups in total. The van der Waals surface area contributed by atoms with Gasteiger partial charge in [-0.25, -0.2) is 0 Å². The van der Waals surface area contributed by atoms with Crippen LogP contribution >= 0.6 is 11.8 Å². The normalized spacial score (nSPS) is 16.9. The number of nitrogens with one attached hydrogen (secondary N) is 1. The van der Waals surface area contributed by atoms with Gasteiger partial charge in [-0.1, -0.05) is 39.8 Å². The monoisotopic (exact) mass is 505 g/mol. The maximum absolute atomic E-state index is 13.3. The summed E-state index contributed by atoms with van der Waals surface area (Å²) in [6.45, 7) is 10.6. The molecule has 0 saturated carbocycles. The van der Waals surface area contributed by atoms with E-state index in [2.05, 4.69) is 43.8 Å². The largest absolute Gasteiger partial charge is 0.573 e. The van der Waals surface area contributed by atoms with Gasteiger partial charge in [-0.2, -0.15) is 0 Å². The molecular weight excluding hydrogens is 475 g/mol. The van der Waals surface area contributed by atoms with E-state index in [9.17, 15) is 22.8 Å². The lowest BCUT2D eigenvalue weighted by atomic mass is 9.62. The van der Waals surface area contributed by atoms with E-state index in [1.165, 1.54) is 30.8 Å². The van der Waals surface area contributed by atoms with Crippen LogP contribution in [-0.4, -0.2) is 24.9 Å². The van der Waals surface area contributed by atoms with Gasteiger partial charge in [-0.3, -0.25) is 9.59 Å². The molecule has 0 spiro atoms. The molecule has 0 atom stereocenters. The third kappa shape index (κ3) is 5.92. The van der Waals surface area contributed by atoms with Crippen molar-refractivity contribution in [3.63, 3.8) is 0 Å². The number of carbonyl (C=O) groups excluding carboxylic acids is 2. The SMILES string of the molecule is CNC(=O)/C(=C/c1ccc(OC(F)(F)F)c(-c2cc3c(cc2C)C(C)(C)CCC3(C)C)c1)SC=O. The summed E-state index contributed by atoms with van der Waals surface area (Å²) in [5.74, 6) is -0.789. The Morgan fingerprint density at radius 2 is 1.63 bits per heavy atom. The van der Waals surface area contributed by atoms with Crippen molar-refractivity contribution in [1.29, 1.82) is 0 Å². The molecule has 1 aliphatic rings. The lowest BCUT2D eigenvalue weighted by Gasteiger charge is -2.42. The molecule has 0 fully saturated rings. The number of fused-ring (bicyclic) bond motifs is 1. The van der Waals surface area contributed by atoms with E-state index in [1.54, 1.807) is 6.07 Å². The van der Waals surface area contributed by atoms with Crippen molar-refractivity contribution in [3.8, 4) is 16.9 Å². The van der Waals surface area contributed by atoms with Crippen molar-refractivity contribution in [3.05, 3.63) is 57.5 Å². The zero-order valence-corrected chi connectivity index (χ0v) is 21.5. The highest BCUT2D eigenvalue weighted by Gasteiger charge is 2.38. The first-order valence-corrected chi connectivity index (χ1v) is 12.2. The Morgan fingerprint density at radius 3 is 2.17 bits per heavy atom. The lowest BCUT2D eigenvalue weighted by Crippen LogP contribution is -2.34. The summed E-state index contributed by atoms with van der Waals surface area (Å²) in [5, 5.41) is 2.46. The van der Waals surface area contributed by atoms with Crippen LogP contribution in [0.5, 0.6) is 5.75 Å². The number of carbonyl (C=O) groups is 2. The average molecular weight is 506 g/mol. The number of halogens is 3. The van der Waals surface area contributed by atoms with Crippen LogP contribution in [0.4, 0.5) is 13.2 Å². The Bertz CT molecular complexity index is 1180. The van der Waals surface area contributed by atoms with Crippen LogP contribution in [0.1, 0.15) is 62.8 Å². The Hall–Kier alpha value is -2.74. The zero-order chi connectivity index (χ0) is 26.2. The molecule has 3 rings (SSSR count). The van der Waals surface area contributed by atoms with Crippen molar-refractivity contribution in [2.24, 2.45) is 0 Å². The van der Waals surface area contributed by atoms with E-state index in [4.69, 9.17) is 0 Å². The second kappa shape index (κ2) is 9.72. The maximum atomic E-state index is 13.3. The molecule has 1 aliphatic carbocycles. The van der Waals surface area contributed by atoms with Crippen LogP contribution in [0.3, 0.4) is 0 Å². The number of thioether (sulfide) groups is 1. The first-order valence-electron chi connectivity index (χ1n) is 11.3. The summed E-state index contributed by atoms with van der Waals surface area (Å²) in [7, 11) is 1.44. The Kier molecular flexibility index (Phi) is 7.46. The van der Waals surface area contributed by atoms with Gasteiger partial charge in [0.1, 0.15) is 5.75 Å². The highest BCUT2D eigenvalue weighted by molar-refractivity contribution is 8.16. The van der Waals surface area contributed by atoms with Gasteiger partial charge in [0, 0.05) is 12.6 Å². The van der Waals surface area contributed by atoms with E-state index >= 15 is 0 Å². The highest BCUT2D eigenvalue weighted by Crippen LogP contribution is 2.48. The quantitative estimate of drug-likeness (QED) is 0.342. The van der Waals surface area contributed by atoms with Crippen LogP contribution in [0.25, 0.3) is 17.2 Å². The molecule has 8 heteroatoms. The highest BCUT2D eigenvalue weighted by atomic mass is 32.2. The molecule has 0 heterocycles. The molecule has 4 nitrogen and oxygen atoms in total. The van der Waals surface area contributed by atoms with Crippen molar-refractivity contribution < 1.29 is 27.5 Å². The van der Waals surface area contributed by atoms with Crippen LogP contribution in [-0.2, 0) is 20.4 Å². The van der Waals surface area contributed by atoms with Gasteiger partial charge in [0.15, 0.2) is 5.62 Å². The summed E-state index contributed by atoms with van der Waals surface area (Å²) < 4.78 is 44.2. The third-order valence-corrected chi connectivity index (χ3v) is 7.29. The molecule has 0 radical (unpaired) electrons. The molecule has 2 aromatic rings. The van der Waals surface area contributed by atoms with Gasteiger partial charge in [0.05, 0.1) is 4.91 Å². The van der Waals surface area contributed by atoms with E-state index in [-0.39, 0.29) is 27.0 Å². The van der Waals surface area contributed by atoms with Gasteiger partial charge >= 0.3 is 6.36 Å². The minimum Gasteiger partial charge on any atom is -0.405 e. The molecule has 1 amide bonds. The number of rotatable bonds is 6. The molecule has 0 unspecified atom stereocenters. The first kappa shape index (κ1) is 26.9. The summed E-state index contributed by atoms with van der Waals surface area (Å²) in [6, 6.07) is 8.29. The minimum atomic E-state index is -4.86. The second-order valence-electron chi connectivity index (χ2n) is 10.1. The summed E-state index contributed by atoms with van der Waals surface area (Å²) >= 11 is 0.698. The number of hydrogen-bond donors (Lipinski definition) is 1. The van der Waals surface area contributed by atoms with Crippen LogP contribution in [0.2, 0.25) is 0 Å².